The van der Waals surface area contributed by atoms with Crippen LogP contribution in [0.15, 0.2) is 30.6 Å². The van der Waals surface area contributed by atoms with Crippen molar-refractivity contribution in [3.63, 3.8) is 0 Å². The minimum absolute atomic E-state index is 0.0213. The smallest absolute Gasteiger partial charge is 0.229 e. The molecule has 0 fully saturated rings. The fourth-order valence-corrected chi connectivity index (χ4v) is 3.77. The van der Waals surface area contributed by atoms with Crippen molar-refractivity contribution in [2.24, 2.45) is 0 Å². The standard InChI is InChI=1S/C20H24ClFN6O2S/c1-5-7-23-20-24-8-6-16(25-20)15-11-28(12(2)3)26-19(15)14-9-13(22)10-17(18(14)21)27-31(4,29)30/h6,8-12,27H,5,7H2,1-4H3,(H,23,24,25). The number of sulfonamides is 1. The summed E-state index contributed by atoms with van der Waals surface area (Å²) in [6.07, 6.45) is 5.31. The Bertz CT molecular complexity index is 1200. The van der Waals surface area contributed by atoms with Gasteiger partial charge in [0.05, 0.1) is 22.7 Å². The van der Waals surface area contributed by atoms with Crippen LogP contribution in [0, 0.1) is 5.82 Å². The van der Waals surface area contributed by atoms with Gasteiger partial charge in [0, 0.05) is 36.1 Å². The molecule has 8 nitrogen and oxygen atoms in total. The van der Waals surface area contributed by atoms with Gasteiger partial charge in [0.25, 0.3) is 0 Å². The monoisotopic (exact) mass is 466 g/mol. The SMILES string of the molecule is CCCNc1nccc(-c2cn(C(C)C)nc2-c2cc(F)cc(NS(C)(=O)=O)c2Cl)n1. The summed E-state index contributed by atoms with van der Waals surface area (Å²) >= 11 is 6.48. The predicted molar refractivity (Wildman–Crippen MR) is 121 cm³/mol. The lowest BCUT2D eigenvalue weighted by Crippen LogP contribution is -2.10. The number of halogens is 2. The van der Waals surface area contributed by atoms with Crippen molar-refractivity contribution in [3.8, 4) is 22.5 Å². The zero-order valence-corrected chi connectivity index (χ0v) is 19.2. The van der Waals surface area contributed by atoms with Crippen LogP contribution in [0.4, 0.5) is 16.0 Å². The number of hydrogen-bond donors (Lipinski definition) is 2. The Kier molecular flexibility index (Phi) is 6.80. The minimum atomic E-state index is -3.66. The van der Waals surface area contributed by atoms with Crippen molar-refractivity contribution in [1.82, 2.24) is 19.7 Å². The number of anilines is 2. The minimum Gasteiger partial charge on any atom is -0.354 e. The summed E-state index contributed by atoms with van der Waals surface area (Å²) in [6, 6.07) is 4.01. The summed E-state index contributed by atoms with van der Waals surface area (Å²) < 4.78 is 41.7. The van der Waals surface area contributed by atoms with E-state index in [9.17, 15) is 12.8 Å². The highest BCUT2D eigenvalue weighted by Gasteiger charge is 2.22. The Morgan fingerprint density at radius 1 is 1.26 bits per heavy atom. The molecule has 1 aromatic carbocycles. The number of benzene rings is 1. The second-order valence-corrected chi connectivity index (χ2v) is 9.47. The lowest BCUT2D eigenvalue weighted by atomic mass is 10.0. The van der Waals surface area contributed by atoms with Crippen LogP contribution in [-0.4, -0.2) is 41.0 Å². The van der Waals surface area contributed by atoms with Crippen LogP contribution >= 0.6 is 11.6 Å². The normalized spacial score (nSPS) is 11.7. The van der Waals surface area contributed by atoms with E-state index in [0.717, 1.165) is 25.3 Å². The topological polar surface area (TPSA) is 102 Å². The molecule has 2 heterocycles. The highest BCUT2D eigenvalue weighted by atomic mass is 35.5. The van der Waals surface area contributed by atoms with E-state index in [-0.39, 0.29) is 22.3 Å². The Balaban J connectivity index is 2.19. The van der Waals surface area contributed by atoms with Gasteiger partial charge in [0.1, 0.15) is 11.5 Å². The fourth-order valence-electron chi connectivity index (χ4n) is 2.91. The van der Waals surface area contributed by atoms with Gasteiger partial charge < -0.3 is 5.32 Å². The molecule has 3 rings (SSSR count). The molecule has 2 aromatic heterocycles. The van der Waals surface area contributed by atoms with Crippen molar-refractivity contribution < 1.29 is 12.8 Å². The van der Waals surface area contributed by atoms with Crippen molar-refractivity contribution in [1.29, 1.82) is 0 Å². The quantitative estimate of drug-likeness (QED) is 0.504. The summed E-state index contributed by atoms with van der Waals surface area (Å²) in [4.78, 5) is 8.77. The van der Waals surface area contributed by atoms with E-state index in [4.69, 9.17) is 11.6 Å². The van der Waals surface area contributed by atoms with Gasteiger partial charge in [-0.3, -0.25) is 9.40 Å². The molecule has 3 aromatic rings. The number of aromatic nitrogens is 4. The molecule has 0 aliphatic heterocycles. The van der Waals surface area contributed by atoms with E-state index in [0.29, 0.717) is 22.9 Å². The van der Waals surface area contributed by atoms with Crippen molar-refractivity contribution in [2.75, 3.05) is 22.8 Å². The maximum atomic E-state index is 14.4. The van der Waals surface area contributed by atoms with E-state index in [2.05, 4.69) is 25.1 Å². The largest absolute Gasteiger partial charge is 0.354 e. The van der Waals surface area contributed by atoms with Crippen LogP contribution in [0.1, 0.15) is 33.2 Å². The van der Waals surface area contributed by atoms with Gasteiger partial charge in [-0.25, -0.2) is 22.8 Å². The first kappa shape index (κ1) is 23.0. The first-order chi connectivity index (χ1) is 14.6. The van der Waals surface area contributed by atoms with E-state index in [1.807, 2.05) is 20.8 Å². The second kappa shape index (κ2) is 9.19. The molecule has 0 aliphatic rings. The molecule has 0 atom stereocenters. The molecular weight excluding hydrogens is 443 g/mol. The van der Waals surface area contributed by atoms with Gasteiger partial charge in [0.15, 0.2) is 0 Å². The third kappa shape index (κ3) is 5.50. The van der Waals surface area contributed by atoms with Crippen LogP contribution in [0.25, 0.3) is 22.5 Å². The molecule has 0 saturated carbocycles. The van der Waals surface area contributed by atoms with Gasteiger partial charge in [-0.05, 0) is 38.5 Å². The highest BCUT2D eigenvalue weighted by molar-refractivity contribution is 7.92. The second-order valence-electron chi connectivity index (χ2n) is 7.35. The molecule has 166 valence electrons. The lowest BCUT2D eigenvalue weighted by molar-refractivity contribution is 0.534. The van der Waals surface area contributed by atoms with Crippen LogP contribution in [0.2, 0.25) is 5.02 Å². The van der Waals surface area contributed by atoms with Crippen molar-refractivity contribution >= 4 is 33.3 Å². The van der Waals surface area contributed by atoms with Gasteiger partial charge in [-0.1, -0.05) is 18.5 Å². The van der Waals surface area contributed by atoms with Crippen molar-refractivity contribution in [3.05, 3.63) is 41.4 Å². The Hall–Kier alpha value is -2.72. The molecule has 0 aliphatic carbocycles. The van der Waals surface area contributed by atoms with Gasteiger partial charge >= 0.3 is 0 Å². The number of nitrogens with zero attached hydrogens (tertiary/aromatic N) is 4. The highest BCUT2D eigenvalue weighted by Crippen LogP contribution is 2.39. The third-order valence-electron chi connectivity index (χ3n) is 4.31. The number of nitrogens with one attached hydrogen (secondary N) is 2. The van der Waals surface area contributed by atoms with Crippen LogP contribution in [-0.2, 0) is 10.0 Å². The summed E-state index contributed by atoms with van der Waals surface area (Å²) in [6.45, 7) is 6.67. The van der Waals surface area contributed by atoms with Crippen LogP contribution in [0.5, 0.6) is 0 Å². The third-order valence-corrected chi connectivity index (χ3v) is 5.31. The predicted octanol–water partition coefficient (Wildman–Crippen LogP) is 4.57. The first-order valence-corrected chi connectivity index (χ1v) is 12.0. The Morgan fingerprint density at radius 2 is 2.00 bits per heavy atom. The average Bonchev–Trinajstić information content (AvgIpc) is 3.13. The molecular formula is C20H24ClFN6O2S. The zero-order chi connectivity index (χ0) is 22.8. The number of hydrogen-bond acceptors (Lipinski definition) is 6. The molecule has 0 spiro atoms. The van der Waals surface area contributed by atoms with Gasteiger partial charge in [-0.15, -0.1) is 0 Å². The summed E-state index contributed by atoms with van der Waals surface area (Å²) in [5, 5.41) is 7.77. The van der Waals surface area contributed by atoms with E-state index in [1.165, 1.54) is 6.07 Å². The summed E-state index contributed by atoms with van der Waals surface area (Å²) in [7, 11) is -3.66. The molecule has 11 heteroatoms. The Morgan fingerprint density at radius 3 is 2.65 bits per heavy atom. The van der Waals surface area contributed by atoms with E-state index < -0.39 is 15.8 Å². The van der Waals surface area contributed by atoms with Crippen LogP contribution < -0.4 is 10.0 Å². The fraction of sp³-hybridized carbons (Fsp3) is 0.350. The lowest BCUT2D eigenvalue weighted by Gasteiger charge is -2.11. The molecule has 0 amide bonds. The Labute approximate surface area is 185 Å². The molecule has 2 N–H and O–H groups in total. The zero-order valence-electron chi connectivity index (χ0n) is 17.6. The van der Waals surface area contributed by atoms with Crippen LogP contribution in [0.3, 0.4) is 0 Å². The maximum Gasteiger partial charge on any atom is 0.229 e. The molecule has 0 unspecified atom stereocenters. The summed E-state index contributed by atoms with van der Waals surface area (Å²) in [5.74, 6) is -0.184. The maximum absolute atomic E-state index is 14.4. The molecule has 0 bridgehead atoms. The first-order valence-electron chi connectivity index (χ1n) is 9.72. The van der Waals surface area contributed by atoms with Gasteiger partial charge in [0.2, 0.25) is 16.0 Å². The van der Waals surface area contributed by atoms with E-state index in [1.54, 1.807) is 23.1 Å². The summed E-state index contributed by atoms with van der Waals surface area (Å²) in [5.41, 5.74) is 1.78. The van der Waals surface area contributed by atoms with Crippen molar-refractivity contribution in [2.45, 2.75) is 33.2 Å². The molecule has 0 saturated heterocycles. The molecule has 0 radical (unpaired) electrons. The van der Waals surface area contributed by atoms with E-state index >= 15 is 0 Å². The number of rotatable bonds is 8. The van der Waals surface area contributed by atoms with Gasteiger partial charge in [-0.2, -0.15) is 5.10 Å². The average molecular weight is 467 g/mol. The molecule has 31 heavy (non-hydrogen) atoms.